The van der Waals surface area contributed by atoms with Crippen LogP contribution in [-0.4, -0.2) is 33.6 Å². The number of hydrogen-bond donors (Lipinski definition) is 0. The van der Waals surface area contributed by atoms with E-state index in [0.29, 0.717) is 22.7 Å². The lowest BCUT2D eigenvalue weighted by Crippen LogP contribution is -2.29. The van der Waals surface area contributed by atoms with Gasteiger partial charge in [-0.15, -0.1) is 0 Å². The number of Topliss-reactive ketones (excluding diaryl/α,β-unsaturated/α-hetero) is 1. The maximum Gasteiger partial charge on any atom is 0.181 e. The largest absolute Gasteiger partial charge is 0.292 e. The van der Waals surface area contributed by atoms with E-state index >= 15 is 0 Å². The van der Waals surface area contributed by atoms with Crippen LogP contribution in [0.5, 0.6) is 0 Å². The zero-order chi connectivity index (χ0) is 12.0. The molecule has 2 aliphatic rings. The van der Waals surface area contributed by atoms with Gasteiger partial charge in [0.2, 0.25) is 0 Å². The first-order valence-electron chi connectivity index (χ1n) is 6.21. The molecular formula is C14H16BrNO. The van der Waals surface area contributed by atoms with Gasteiger partial charge >= 0.3 is 0 Å². The summed E-state index contributed by atoms with van der Waals surface area (Å²) in [6, 6.07) is 10.9. The van der Waals surface area contributed by atoms with Crippen LogP contribution in [0.15, 0.2) is 30.3 Å². The van der Waals surface area contributed by atoms with Crippen molar-refractivity contribution in [2.45, 2.75) is 42.7 Å². The Hall–Kier alpha value is -0.670. The quantitative estimate of drug-likeness (QED) is 0.485. The summed E-state index contributed by atoms with van der Waals surface area (Å²) in [7, 11) is 0. The van der Waals surface area contributed by atoms with Crippen molar-refractivity contribution in [3.63, 3.8) is 0 Å². The van der Waals surface area contributed by atoms with Crippen molar-refractivity contribution in [2.24, 2.45) is 0 Å². The molecule has 2 fully saturated rings. The highest BCUT2D eigenvalue weighted by atomic mass is 79.9. The van der Waals surface area contributed by atoms with Crippen LogP contribution in [0.4, 0.5) is 0 Å². The lowest BCUT2D eigenvalue weighted by Gasteiger charge is -2.17. The lowest BCUT2D eigenvalue weighted by atomic mass is 10.0. The van der Waals surface area contributed by atoms with Gasteiger partial charge in [-0.1, -0.05) is 53.2 Å². The summed E-state index contributed by atoms with van der Waals surface area (Å²) in [4.78, 5) is 15.2. The number of carbonyl (C=O) groups excluding carboxylic acids is 1. The van der Waals surface area contributed by atoms with Gasteiger partial charge in [-0.25, -0.2) is 0 Å². The molecule has 0 N–H and O–H groups in total. The van der Waals surface area contributed by atoms with E-state index in [4.69, 9.17) is 0 Å². The Labute approximate surface area is 110 Å². The molecule has 0 bridgehead atoms. The molecular weight excluding hydrogens is 278 g/mol. The second-order valence-electron chi connectivity index (χ2n) is 5.01. The van der Waals surface area contributed by atoms with Gasteiger partial charge in [0.15, 0.2) is 5.78 Å². The van der Waals surface area contributed by atoms with Crippen molar-refractivity contribution < 1.29 is 4.79 Å². The third kappa shape index (κ3) is 1.85. The second-order valence-corrected chi connectivity index (χ2v) is 6.46. The van der Waals surface area contributed by atoms with E-state index in [-0.39, 0.29) is 6.04 Å². The number of ketones is 1. The highest BCUT2D eigenvalue weighted by molar-refractivity contribution is 9.09. The van der Waals surface area contributed by atoms with Crippen LogP contribution in [-0.2, 0) is 0 Å². The number of alkyl halides is 1. The molecule has 0 aromatic heterocycles. The predicted octanol–water partition coefficient (Wildman–Crippen LogP) is 2.87. The molecule has 3 heteroatoms. The SMILES string of the molecule is CC(Br)C1CC[C@@H]2[C@@H](C(=O)c3ccccc3)N12. The maximum absolute atomic E-state index is 12.3. The first-order valence-corrected chi connectivity index (χ1v) is 7.12. The number of benzene rings is 1. The summed E-state index contributed by atoms with van der Waals surface area (Å²) in [5, 5.41) is 0. The van der Waals surface area contributed by atoms with Crippen molar-refractivity contribution in [1.82, 2.24) is 4.90 Å². The Bertz CT molecular complexity index is 431. The van der Waals surface area contributed by atoms with Crippen LogP contribution in [0, 0.1) is 0 Å². The fraction of sp³-hybridized carbons (Fsp3) is 0.500. The first-order chi connectivity index (χ1) is 8.20. The summed E-state index contributed by atoms with van der Waals surface area (Å²) in [5.74, 6) is 0.299. The molecule has 1 aromatic rings. The molecule has 0 radical (unpaired) electrons. The van der Waals surface area contributed by atoms with E-state index in [9.17, 15) is 4.79 Å². The molecule has 0 aliphatic carbocycles. The number of piperidine rings is 1. The van der Waals surface area contributed by atoms with Crippen LogP contribution in [0.1, 0.15) is 30.1 Å². The van der Waals surface area contributed by atoms with E-state index in [1.807, 2.05) is 30.3 Å². The minimum Gasteiger partial charge on any atom is -0.292 e. The predicted molar refractivity (Wildman–Crippen MR) is 71.6 cm³/mol. The fourth-order valence-electron chi connectivity index (χ4n) is 3.10. The fourth-order valence-corrected chi connectivity index (χ4v) is 3.64. The summed E-state index contributed by atoms with van der Waals surface area (Å²) < 4.78 is 0. The van der Waals surface area contributed by atoms with Crippen molar-refractivity contribution in [3.8, 4) is 0 Å². The summed E-state index contributed by atoms with van der Waals surface area (Å²) >= 11 is 3.65. The molecule has 17 heavy (non-hydrogen) atoms. The molecule has 0 saturated carbocycles. The monoisotopic (exact) mass is 293 g/mol. The van der Waals surface area contributed by atoms with Crippen LogP contribution >= 0.6 is 15.9 Å². The van der Waals surface area contributed by atoms with Gasteiger partial charge in [0, 0.05) is 22.5 Å². The number of fused-ring (bicyclic) bond motifs is 1. The third-order valence-electron chi connectivity index (χ3n) is 3.98. The Morgan fingerprint density at radius 1 is 1.35 bits per heavy atom. The van der Waals surface area contributed by atoms with E-state index in [2.05, 4.69) is 27.8 Å². The highest BCUT2D eigenvalue weighted by Crippen LogP contribution is 2.46. The second kappa shape index (κ2) is 4.21. The first kappa shape index (κ1) is 11.4. The molecule has 0 amide bonds. The molecule has 90 valence electrons. The van der Waals surface area contributed by atoms with Crippen molar-refractivity contribution in [2.75, 3.05) is 0 Å². The molecule has 5 atom stereocenters. The number of nitrogens with zero attached hydrogens (tertiary/aromatic N) is 1. The van der Waals surface area contributed by atoms with Crippen molar-refractivity contribution >= 4 is 21.7 Å². The van der Waals surface area contributed by atoms with Gasteiger partial charge in [-0.3, -0.25) is 9.69 Å². The Morgan fingerprint density at radius 2 is 2.06 bits per heavy atom. The van der Waals surface area contributed by atoms with Gasteiger partial charge in [0.25, 0.3) is 0 Å². The molecule has 0 spiro atoms. The molecule has 2 heterocycles. The Kier molecular flexibility index (Phi) is 2.83. The molecule has 2 nitrogen and oxygen atoms in total. The lowest BCUT2D eigenvalue weighted by molar-refractivity contribution is 0.0964. The van der Waals surface area contributed by atoms with Gasteiger partial charge in [0.1, 0.15) is 0 Å². The van der Waals surface area contributed by atoms with Crippen LogP contribution in [0.25, 0.3) is 0 Å². The van der Waals surface area contributed by atoms with Crippen molar-refractivity contribution in [1.29, 1.82) is 0 Å². The molecule has 3 rings (SSSR count). The summed E-state index contributed by atoms with van der Waals surface area (Å²) in [6.45, 7) is 2.18. The van der Waals surface area contributed by atoms with Gasteiger partial charge < -0.3 is 0 Å². The molecule has 2 aliphatic heterocycles. The summed E-state index contributed by atoms with van der Waals surface area (Å²) in [6.07, 6.45) is 2.39. The number of carbonyl (C=O) groups is 1. The topological polar surface area (TPSA) is 20.1 Å². The smallest absolute Gasteiger partial charge is 0.181 e. The van der Waals surface area contributed by atoms with Gasteiger partial charge in [-0.05, 0) is 12.8 Å². The van der Waals surface area contributed by atoms with Gasteiger partial charge in [0.05, 0.1) is 6.04 Å². The normalized spacial score (nSPS) is 36.4. The highest BCUT2D eigenvalue weighted by Gasteiger charge is 2.59. The molecule has 1 aromatic carbocycles. The standard InChI is InChI=1S/C14H16BrNO/c1-9(15)11-7-8-12-13(16(11)12)14(17)10-5-3-2-4-6-10/h2-6,9,11-13H,7-8H2,1H3/t9?,11?,12-,13+,16?/m1/s1. The van der Waals surface area contributed by atoms with E-state index in [1.54, 1.807) is 0 Å². The van der Waals surface area contributed by atoms with E-state index in [0.717, 1.165) is 5.56 Å². The average Bonchev–Trinajstić information content (AvgIpc) is 2.88. The minimum atomic E-state index is 0.149. The van der Waals surface area contributed by atoms with Crippen LogP contribution in [0.2, 0.25) is 0 Å². The number of rotatable bonds is 3. The number of halogens is 1. The average molecular weight is 294 g/mol. The van der Waals surface area contributed by atoms with E-state index < -0.39 is 0 Å². The van der Waals surface area contributed by atoms with Gasteiger partial charge in [-0.2, -0.15) is 0 Å². The zero-order valence-electron chi connectivity index (χ0n) is 9.84. The van der Waals surface area contributed by atoms with Crippen molar-refractivity contribution in [3.05, 3.63) is 35.9 Å². The Balaban J connectivity index is 1.75. The van der Waals surface area contributed by atoms with Crippen LogP contribution in [0.3, 0.4) is 0 Å². The number of hydrogen-bond acceptors (Lipinski definition) is 2. The maximum atomic E-state index is 12.3. The zero-order valence-corrected chi connectivity index (χ0v) is 11.4. The van der Waals surface area contributed by atoms with E-state index in [1.165, 1.54) is 12.8 Å². The minimum absolute atomic E-state index is 0.149. The summed E-state index contributed by atoms with van der Waals surface area (Å²) in [5.41, 5.74) is 0.855. The molecule has 2 saturated heterocycles. The van der Waals surface area contributed by atoms with Crippen LogP contribution < -0.4 is 0 Å². The molecule has 3 unspecified atom stereocenters. The Morgan fingerprint density at radius 3 is 2.71 bits per heavy atom. The third-order valence-corrected chi connectivity index (χ3v) is 4.59.